The molecule has 0 bridgehead atoms. The van der Waals surface area contributed by atoms with E-state index in [-0.39, 0.29) is 53.0 Å². The van der Waals surface area contributed by atoms with Crippen LogP contribution in [0.1, 0.15) is 91.2 Å². The highest BCUT2D eigenvalue weighted by molar-refractivity contribution is 5.43. The molecule has 262 valence electrons. The van der Waals surface area contributed by atoms with Gasteiger partial charge >= 0.3 is 18.5 Å². The third-order valence-corrected chi connectivity index (χ3v) is 10.7. The molecular weight excluding hydrogens is 653 g/mol. The molecule has 4 unspecified atom stereocenters. The average Bonchev–Trinajstić information content (AvgIpc) is 3.28. The molecular formula is C33H36F9N5O. The number of aliphatic hydroxyl groups excluding tert-OH is 1. The van der Waals surface area contributed by atoms with Crippen molar-refractivity contribution in [1.29, 1.82) is 0 Å². The number of aryl methyl sites for hydroxylation is 1. The largest absolute Gasteiger partial charge is 0.416 e. The lowest BCUT2D eigenvalue weighted by atomic mass is 9.67. The number of hydrogen-bond donors (Lipinski definition) is 1. The molecule has 3 saturated carbocycles. The van der Waals surface area contributed by atoms with Crippen molar-refractivity contribution in [2.75, 3.05) is 4.90 Å². The topological polar surface area (TPSA) is 67.1 Å². The van der Waals surface area contributed by atoms with E-state index in [1.54, 1.807) is 0 Å². The summed E-state index contributed by atoms with van der Waals surface area (Å²) in [6.45, 7) is 1.05. The molecule has 3 aliphatic carbocycles. The zero-order chi connectivity index (χ0) is 34.8. The predicted molar refractivity (Wildman–Crippen MR) is 156 cm³/mol. The summed E-state index contributed by atoms with van der Waals surface area (Å²) in [6, 6.07) is 4.65. The van der Waals surface area contributed by atoms with E-state index in [4.69, 9.17) is 0 Å². The zero-order valence-corrected chi connectivity index (χ0v) is 26.3. The maximum atomic E-state index is 14.0. The first-order valence-electron chi connectivity index (χ1n) is 16.0. The van der Waals surface area contributed by atoms with Crippen LogP contribution in [-0.2, 0) is 38.7 Å². The summed E-state index contributed by atoms with van der Waals surface area (Å²) >= 11 is 0. The number of aliphatic hydroxyl groups is 1. The van der Waals surface area contributed by atoms with Crippen LogP contribution in [0.3, 0.4) is 0 Å². The third kappa shape index (κ3) is 6.75. The van der Waals surface area contributed by atoms with E-state index in [1.165, 1.54) is 18.0 Å². The Kier molecular flexibility index (Phi) is 8.77. The van der Waals surface area contributed by atoms with Gasteiger partial charge in [0, 0.05) is 13.1 Å². The van der Waals surface area contributed by atoms with E-state index in [2.05, 4.69) is 15.4 Å². The fraction of sp³-hybridized carbons (Fsp3) is 0.606. The number of aromatic nitrogens is 4. The number of halogens is 9. The Bertz CT molecular complexity index is 1590. The summed E-state index contributed by atoms with van der Waals surface area (Å²) in [5, 5.41) is 22.6. The SMILES string of the molecule is CCC(c1ccc(C(F)(F)F)cc1CN(Cc1cc(C(F)(F)F)cc(C(F)(F)F)c1)c1nnn(C)n1)C1C2CC3(CCCC[C@@H]3O)C[C@@H]21. The van der Waals surface area contributed by atoms with Crippen LogP contribution in [-0.4, -0.2) is 31.4 Å². The molecule has 6 atom stereocenters. The van der Waals surface area contributed by atoms with Crippen LogP contribution < -0.4 is 4.90 Å². The van der Waals surface area contributed by atoms with Crippen LogP contribution in [0, 0.1) is 23.2 Å². The molecule has 3 aromatic rings. The number of anilines is 1. The number of hydrogen-bond acceptors (Lipinski definition) is 5. The highest BCUT2D eigenvalue weighted by Gasteiger charge is 2.64. The lowest BCUT2D eigenvalue weighted by molar-refractivity contribution is -0.143. The number of alkyl halides is 9. The number of fused-ring (bicyclic) bond motifs is 1. The van der Waals surface area contributed by atoms with Crippen molar-refractivity contribution in [2.24, 2.45) is 30.2 Å². The molecule has 1 spiro atoms. The van der Waals surface area contributed by atoms with Crippen LogP contribution >= 0.6 is 0 Å². The van der Waals surface area contributed by atoms with Crippen molar-refractivity contribution in [2.45, 2.75) is 95.5 Å². The lowest BCUT2D eigenvalue weighted by Crippen LogP contribution is -2.37. The molecule has 48 heavy (non-hydrogen) atoms. The minimum absolute atomic E-state index is 0.0219. The van der Waals surface area contributed by atoms with Crippen molar-refractivity contribution >= 4 is 5.95 Å². The first-order valence-corrected chi connectivity index (χ1v) is 16.0. The van der Waals surface area contributed by atoms with Gasteiger partial charge in [-0.15, -0.1) is 5.10 Å². The molecule has 15 heteroatoms. The smallest absolute Gasteiger partial charge is 0.393 e. The van der Waals surface area contributed by atoms with Gasteiger partial charge in [-0.1, -0.05) is 30.9 Å². The van der Waals surface area contributed by atoms with Gasteiger partial charge in [-0.2, -0.15) is 44.3 Å². The summed E-state index contributed by atoms with van der Waals surface area (Å²) < 4.78 is 124. The van der Waals surface area contributed by atoms with Gasteiger partial charge in [-0.05, 0) is 113 Å². The second kappa shape index (κ2) is 12.2. The highest BCUT2D eigenvalue weighted by Crippen LogP contribution is 2.71. The van der Waals surface area contributed by atoms with E-state index >= 15 is 0 Å². The Hall–Kier alpha value is -3.36. The van der Waals surface area contributed by atoms with E-state index in [9.17, 15) is 44.6 Å². The first kappa shape index (κ1) is 34.5. The lowest BCUT2D eigenvalue weighted by Gasteiger charge is -2.41. The standard InChI is InChI=1S/C33H36F9N5O/c1-3-23(28-25-14-30(15-26(25)28)9-5-4-6-27(30)48)24-8-7-20(31(34,35)36)12-19(24)17-47(29-43-45-46(2)44-29)16-18-10-21(32(37,38)39)13-22(11-18)33(40,41)42/h7-8,10-13,23,25-28,48H,3-6,9,14-17H2,1-2H3/t23?,25-,26?,27-,28?,30?/m0/s1. The molecule has 1 heterocycles. The summed E-state index contributed by atoms with van der Waals surface area (Å²) in [5.41, 5.74) is -3.57. The minimum atomic E-state index is -5.08. The second-order valence-electron chi connectivity index (χ2n) is 13.7. The van der Waals surface area contributed by atoms with Gasteiger partial charge in [0.15, 0.2) is 0 Å². The Balaban J connectivity index is 1.36. The Morgan fingerprint density at radius 1 is 0.875 bits per heavy atom. The molecule has 0 aliphatic heterocycles. The van der Waals surface area contributed by atoms with Crippen LogP contribution in [0.2, 0.25) is 0 Å². The third-order valence-electron chi connectivity index (χ3n) is 10.7. The molecule has 3 fully saturated rings. The van der Waals surface area contributed by atoms with Gasteiger partial charge in [0.25, 0.3) is 5.95 Å². The number of benzene rings is 2. The van der Waals surface area contributed by atoms with Crippen molar-refractivity contribution in [3.05, 3.63) is 69.8 Å². The van der Waals surface area contributed by atoms with E-state index in [0.717, 1.165) is 55.5 Å². The fourth-order valence-electron chi connectivity index (χ4n) is 8.55. The van der Waals surface area contributed by atoms with Gasteiger partial charge in [0.05, 0.1) is 29.8 Å². The summed E-state index contributed by atoms with van der Waals surface area (Å²) in [5.74, 6) is 0.517. The molecule has 0 radical (unpaired) electrons. The quantitative estimate of drug-likeness (QED) is 0.240. The second-order valence-corrected chi connectivity index (χ2v) is 13.7. The minimum Gasteiger partial charge on any atom is -0.393 e. The first-order chi connectivity index (χ1) is 22.4. The summed E-state index contributed by atoms with van der Waals surface area (Å²) in [7, 11) is 1.41. The fourth-order valence-corrected chi connectivity index (χ4v) is 8.55. The molecule has 0 amide bonds. The maximum absolute atomic E-state index is 14.0. The summed E-state index contributed by atoms with van der Waals surface area (Å²) in [4.78, 5) is 2.29. The van der Waals surface area contributed by atoms with Gasteiger partial charge in [0.2, 0.25) is 0 Å². The molecule has 1 aromatic heterocycles. The molecule has 6 nitrogen and oxygen atoms in total. The van der Waals surface area contributed by atoms with E-state index in [1.807, 2.05) is 6.92 Å². The van der Waals surface area contributed by atoms with Crippen molar-refractivity contribution in [3.8, 4) is 0 Å². The zero-order valence-electron chi connectivity index (χ0n) is 26.3. The van der Waals surface area contributed by atoms with E-state index < -0.39 is 41.8 Å². The Morgan fingerprint density at radius 2 is 1.50 bits per heavy atom. The van der Waals surface area contributed by atoms with Crippen LogP contribution in [0.4, 0.5) is 45.5 Å². The number of tetrazole rings is 1. The normalized spacial score (nSPS) is 26.5. The highest BCUT2D eigenvalue weighted by atomic mass is 19.4. The van der Waals surface area contributed by atoms with Crippen molar-refractivity contribution in [1.82, 2.24) is 20.2 Å². The molecule has 3 aliphatic rings. The Labute approximate surface area is 271 Å². The van der Waals surface area contributed by atoms with Crippen LogP contribution in [0.25, 0.3) is 0 Å². The molecule has 6 rings (SSSR count). The molecule has 1 N–H and O–H groups in total. The average molecular weight is 690 g/mol. The van der Waals surface area contributed by atoms with Crippen LogP contribution in [0.5, 0.6) is 0 Å². The number of rotatable bonds is 8. The maximum Gasteiger partial charge on any atom is 0.416 e. The monoisotopic (exact) mass is 689 g/mol. The van der Waals surface area contributed by atoms with Crippen molar-refractivity contribution < 1.29 is 44.6 Å². The molecule has 2 aromatic carbocycles. The van der Waals surface area contributed by atoms with Gasteiger partial charge in [0.1, 0.15) is 0 Å². The predicted octanol–water partition coefficient (Wildman–Crippen LogP) is 8.54. The van der Waals surface area contributed by atoms with Crippen molar-refractivity contribution in [3.63, 3.8) is 0 Å². The van der Waals surface area contributed by atoms with Gasteiger partial charge < -0.3 is 10.0 Å². The van der Waals surface area contributed by atoms with Gasteiger partial charge in [-0.3, -0.25) is 0 Å². The van der Waals surface area contributed by atoms with Crippen LogP contribution in [0.15, 0.2) is 36.4 Å². The van der Waals surface area contributed by atoms with Gasteiger partial charge in [-0.25, -0.2) is 0 Å². The Morgan fingerprint density at radius 3 is 2.02 bits per heavy atom. The number of nitrogens with zero attached hydrogens (tertiary/aromatic N) is 5. The molecule has 0 saturated heterocycles. The summed E-state index contributed by atoms with van der Waals surface area (Å²) in [6.07, 6.45) is -9.10. The van der Waals surface area contributed by atoms with E-state index in [0.29, 0.717) is 36.0 Å².